The molecular formula is C28H34N2O6. The van der Waals surface area contributed by atoms with Gasteiger partial charge in [-0.05, 0) is 63.8 Å². The Hall–Kier alpha value is -3.10. The van der Waals surface area contributed by atoms with Crippen LogP contribution in [0.15, 0.2) is 42.5 Å². The number of rotatable bonds is 6. The average Bonchev–Trinajstić information content (AvgIpc) is 2.84. The quantitative estimate of drug-likeness (QED) is 0.616. The SMILES string of the molecule is CCOc1cccc2c1OC(C)(C)[C@H]1C[C@H]3CN(CC(=O)Nc4cccc(C(=O)O)c4)CC[C@@H]3O[C@H]21. The lowest BCUT2D eigenvalue weighted by atomic mass is 9.70. The predicted molar refractivity (Wildman–Crippen MR) is 135 cm³/mol. The summed E-state index contributed by atoms with van der Waals surface area (Å²) in [5.74, 6) is 0.893. The van der Waals surface area contributed by atoms with Crippen LogP contribution in [0.3, 0.4) is 0 Å². The lowest BCUT2D eigenvalue weighted by Gasteiger charge is -2.53. The number of fused-ring (bicyclic) bond motifs is 4. The number of aromatic carboxylic acids is 1. The molecule has 8 heteroatoms. The highest BCUT2D eigenvalue weighted by atomic mass is 16.5. The summed E-state index contributed by atoms with van der Waals surface area (Å²) in [6.45, 7) is 8.60. The number of carboxylic acids is 1. The number of piperidine rings is 1. The molecule has 2 N–H and O–H groups in total. The first-order valence-electron chi connectivity index (χ1n) is 12.7. The summed E-state index contributed by atoms with van der Waals surface area (Å²) in [6, 6.07) is 12.4. The van der Waals surface area contributed by atoms with Crippen molar-refractivity contribution in [3.05, 3.63) is 53.6 Å². The van der Waals surface area contributed by atoms with Gasteiger partial charge in [0.25, 0.3) is 0 Å². The molecule has 3 heterocycles. The highest BCUT2D eigenvalue weighted by molar-refractivity contribution is 5.94. The second-order valence-corrected chi connectivity index (χ2v) is 10.5. The molecule has 0 bridgehead atoms. The van der Waals surface area contributed by atoms with E-state index in [-0.39, 0.29) is 36.1 Å². The normalized spacial score (nSPS) is 26.5. The number of nitrogens with one attached hydrogen (secondary N) is 1. The van der Waals surface area contributed by atoms with Crippen LogP contribution in [0, 0.1) is 11.8 Å². The number of amides is 1. The van der Waals surface area contributed by atoms with Crippen LogP contribution in [-0.4, -0.2) is 59.8 Å². The third-order valence-corrected chi connectivity index (χ3v) is 7.63. The number of likely N-dealkylation sites (tertiary alicyclic amines) is 1. The van der Waals surface area contributed by atoms with E-state index >= 15 is 0 Å². The first-order valence-corrected chi connectivity index (χ1v) is 12.7. The molecule has 8 nitrogen and oxygen atoms in total. The highest BCUT2D eigenvalue weighted by Crippen LogP contribution is 2.55. The largest absolute Gasteiger partial charge is 0.490 e. The molecule has 0 radical (unpaired) electrons. The summed E-state index contributed by atoms with van der Waals surface area (Å²) >= 11 is 0. The van der Waals surface area contributed by atoms with Crippen LogP contribution in [-0.2, 0) is 9.53 Å². The second kappa shape index (κ2) is 9.75. The molecule has 0 aliphatic carbocycles. The van der Waals surface area contributed by atoms with Crippen LogP contribution in [0.25, 0.3) is 0 Å². The molecular weight excluding hydrogens is 460 g/mol. The molecule has 36 heavy (non-hydrogen) atoms. The molecule has 3 aliphatic heterocycles. The number of para-hydroxylation sites is 1. The Bertz CT molecular complexity index is 1150. The minimum atomic E-state index is -1.02. The van der Waals surface area contributed by atoms with E-state index in [1.165, 1.54) is 12.1 Å². The van der Waals surface area contributed by atoms with Crippen molar-refractivity contribution in [2.24, 2.45) is 11.8 Å². The minimum absolute atomic E-state index is 0.0400. The minimum Gasteiger partial charge on any atom is -0.490 e. The number of carbonyl (C=O) groups is 2. The smallest absolute Gasteiger partial charge is 0.335 e. The summed E-state index contributed by atoms with van der Waals surface area (Å²) in [4.78, 5) is 26.1. The van der Waals surface area contributed by atoms with Gasteiger partial charge in [-0.15, -0.1) is 0 Å². The van der Waals surface area contributed by atoms with Crippen molar-refractivity contribution in [2.45, 2.75) is 51.4 Å². The van der Waals surface area contributed by atoms with Gasteiger partial charge >= 0.3 is 5.97 Å². The van der Waals surface area contributed by atoms with Crippen molar-refractivity contribution in [3.63, 3.8) is 0 Å². The van der Waals surface area contributed by atoms with E-state index in [9.17, 15) is 14.7 Å². The Morgan fingerprint density at radius 2 is 2.03 bits per heavy atom. The highest BCUT2D eigenvalue weighted by Gasteiger charge is 2.52. The van der Waals surface area contributed by atoms with Crippen molar-refractivity contribution in [2.75, 3.05) is 31.6 Å². The molecule has 2 fully saturated rings. The van der Waals surface area contributed by atoms with Gasteiger partial charge in [-0.2, -0.15) is 0 Å². The van der Waals surface area contributed by atoms with Gasteiger partial charge in [-0.1, -0.05) is 18.2 Å². The molecule has 0 spiro atoms. The fraction of sp³-hybridized carbons (Fsp3) is 0.500. The van der Waals surface area contributed by atoms with Gasteiger partial charge in [-0.25, -0.2) is 4.79 Å². The zero-order valence-corrected chi connectivity index (χ0v) is 21.0. The van der Waals surface area contributed by atoms with E-state index in [1.54, 1.807) is 12.1 Å². The van der Waals surface area contributed by atoms with E-state index in [1.807, 2.05) is 19.1 Å². The van der Waals surface area contributed by atoms with Crippen LogP contribution >= 0.6 is 0 Å². The van der Waals surface area contributed by atoms with Crippen molar-refractivity contribution < 1.29 is 28.9 Å². The molecule has 0 saturated carbocycles. The zero-order chi connectivity index (χ0) is 25.4. The Morgan fingerprint density at radius 3 is 2.81 bits per heavy atom. The number of benzene rings is 2. The number of hydrogen-bond acceptors (Lipinski definition) is 6. The first kappa shape index (κ1) is 24.6. The Morgan fingerprint density at radius 1 is 1.22 bits per heavy atom. The lowest BCUT2D eigenvalue weighted by molar-refractivity contribution is -0.187. The molecule has 0 aromatic heterocycles. The topological polar surface area (TPSA) is 97.3 Å². The maximum atomic E-state index is 12.7. The van der Waals surface area contributed by atoms with Crippen molar-refractivity contribution >= 4 is 17.6 Å². The first-order chi connectivity index (χ1) is 17.2. The summed E-state index contributed by atoms with van der Waals surface area (Å²) < 4.78 is 19.1. The Kier molecular flexibility index (Phi) is 6.66. The second-order valence-electron chi connectivity index (χ2n) is 10.5. The molecule has 2 saturated heterocycles. The number of carboxylic acid groups (broad SMARTS) is 1. The monoisotopic (exact) mass is 494 g/mol. The number of hydrogen-bond donors (Lipinski definition) is 2. The van der Waals surface area contributed by atoms with Gasteiger partial charge in [0, 0.05) is 30.3 Å². The number of anilines is 1. The Labute approximate surface area is 211 Å². The predicted octanol–water partition coefficient (Wildman–Crippen LogP) is 4.36. The average molecular weight is 495 g/mol. The van der Waals surface area contributed by atoms with Gasteiger partial charge in [-0.3, -0.25) is 9.69 Å². The van der Waals surface area contributed by atoms with Gasteiger partial charge in [0.15, 0.2) is 11.5 Å². The molecule has 1 amide bonds. The van der Waals surface area contributed by atoms with E-state index in [2.05, 4.69) is 30.1 Å². The van der Waals surface area contributed by atoms with Gasteiger partial charge in [0.05, 0.1) is 30.9 Å². The molecule has 2 aromatic carbocycles. The fourth-order valence-corrected chi connectivity index (χ4v) is 5.91. The maximum Gasteiger partial charge on any atom is 0.335 e. The standard InChI is InChI=1S/C28H34N2O6/c1-4-34-23-10-6-9-20-25-21(28(2,3)36-26(20)23)14-18-15-30(12-11-22(18)35-25)16-24(31)29-19-8-5-7-17(13-19)27(32)33/h5-10,13,18,21-22,25H,4,11-12,14-16H2,1-3H3,(H,29,31)(H,32,33)/t18-,21-,22-,25+/m0/s1. The number of nitrogens with zero attached hydrogens (tertiary/aromatic N) is 1. The van der Waals surface area contributed by atoms with Crippen LogP contribution in [0.5, 0.6) is 11.5 Å². The maximum absolute atomic E-state index is 12.7. The molecule has 192 valence electrons. The molecule has 3 aliphatic rings. The van der Waals surface area contributed by atoms with Crippen molar-refractivity contribution in [1.82, 2.24) is 4.90 Å². The van der Waals surface area contributed by atoms with E-state index in [4.69, 9.17) is 14.2 Å². The zero-order valence-electron chi connectivity index (χ0n) is 21.0. The molecule has 0 unspecified atom stereocenters. The van der Waals surface area contributed by atoms with Crippen LogP contribution in [0.2, 0.25) is 0 Å². The molecule has 4 atom stereocenters. The van der Waals surface area contributed by atoms with Gasteiger partial charge in [0.1, 0.15) is 5.60 Å². The van der Waals surface area contributed by atoms with Crippen LogP contribution in [0.4, 0.5) is 5.69 Å². The van der Waals surface area contributed by atoms with E-state index < -0.39 is 11.6 Å². The fourth-order valence-electron chi connectivity index (χ4n) is 5.91. The van der Waals surface area contributed by atoms with E-state index in [0.717, 1.165) is 43.0 Å². The summed E-state index contributed by atoms with van der Waals surface area (Å²) in [6.07, 6.45) is 1.91. The third-order valence-electron chi connectivity index (χ3n) is 7.63. The van der Waals surface area contributed by atoms with Gasteiger partial charge < -0.3 is 24.6 Å². The van der Waals surface area contributed by atoms with Crippen LogP contribution < -0.4 is 14.8 Å². The molecule has 5 rings (SSSR count). The number of ether oxygens (including phenoxy) is 3. The summed E-state index contributed by atoms with van der Waals surface area (Å²) in [5.41, 5.74) is 1.29. The van der Waals surface area contributed by atoms with Crippen molar-refractivity contribution in [1.29, 1.82) is 0 Å². The molecule has 2 aromatic rings. The summed E-state index contributed by atoms with van der Waals surface area (Å²) in [7, 11) is 0. The lowest BCUT2D eigenvalue weighted by Crippen LogP contribution is -2.55. The number of carbonyl (C=O) groups excluding carboxylic acids is 1. The van der Waals surface area contributed by atoms with Gasteiger partial charge in [0.2, 0.25) is 5.91 Å². The Balaban J connectivity index is 1.25. The van der Waals surface area contributed by atoms with Crippen LogP contribution in [0.1, 0.15) is 55.6 Å². The van der Waals surface area contributed by atoms with E-state index in [0.29, 0.717) is 18.2 Å². The third kappa shape index (κ3) is 4.80. The summed E-state index contributed by atoms with van der Waals surface area (Å²) in [5, 5.41) is 12.0. The van der Waals surface area contributed by atoms with Crippen molar-refractivity contribution in [3.8, 4) is 11.5 Å².